The predicted molar refractivity (Wildman–Crippen MR) is 80.1 cm³/mol. The van der Waals surface area contributed by atoms with Gasteiger partial charge in [0.1, 0.15) is 0 Å². The van der Waals surface area contributed by atoms with Crippen molar-refractivity contribution < 1.29 is 0 Å². The zero-order valence-corrected chi connectivity index (χ0v) is 13.3. The summed E-state index contributed by atoms with van der Waals surface area (Å²) in [5.41, 5.74) is 0.434. The monoisotopic (exact) mass is 255 g/mol. The Labute approximate surface area is 114 Å². The Balaban J connectivity index is 2.67. The molecule has 0 amide bonds. The van der Waals surface area contributed by atoms with Gasteiger partial charge in [-0.25, -0.2) is 0 Å². The normalized spacial score (nSPS) is 27.3. The van der Waals surface area contributed by atoms with Gasteiger partial charge in [0, 0.05) is 25.2 Å². The van der Waals surface area contributed by atoms with E-state index in [-0.39, 0.29) is 0 Å². The predicted octanol–water partition coefficient (Wildman–Crippen LogP) is 2.04. The van der Waals surface area contributed by atoms with E-state index in [1.807, 2.05) is 0 Å². The van der Waals surface area contributed by atoms with E-state index in [9.17, 15) is 0 Å². The summed E-state index contributed by atoms with van der Waals surface area (Å²) >= 11 is 0. The third-order valence-electron chi connectivity index (χ3n) is 4.44. The Bertz CT molecular complexity index is 238. The van der Waals surface area contributed by atoms with Crippen LogP contribution in [0.5, 0.6) is 0 Å². The highest BCUT2D eigenvalue weighted by Gasteiger charge is 2.43. The summed E-state index contributed by atoms with van der Waals surface area (Å²) in [5.74, 6) is 0. The fourth-order valence-corrected chi connectivity index (χ4v) is 3.40. The van der Waals surface area contributed by atoms with Crippen molar-refractivity contribution in [1.82, 2.24) is 15.1 Å². The summed E-state index contributed by atoms with van der Waals surface area (Å²) in [6.07, 6.45) is 3.93. The van der Waals surface area contributed by atoms with Crippen molar-refractivity contribution in [3.63, 3.8) is 0 Å². The second-order valence-electron chi connectivity index (χ2n) is 6.70. The molecule has 0 aromatic rings. The van der Waals surface area contributed by atoms with Crippen molar-refractivity contribution in [2.45, 2.75) is 52.1 Å². The van der Waals surface area contributed by atoms with Crippen LogP contribution in [0.1, 0.15) is 40.0 Å². The van der Waals surface area contributed by atoms with Crippen LogP contribution in [-0.4, -0.2) is 62.7 Å². The lowest BCUT2D eigenvalue weighted by Crippen LogP contribution is -2.52. The van der Waals surface area contributed by atoms with E-state index in [0.717, 1.165) is 6.54 Å². The van der Waals surface area contributed by atoms with Crippen LogP contribution in [0, 0.1) is 5.41 Å². The highest BCUT2D eigenvalue weighted by Crippen LogP contribution is 2.39. The summed E-state index contributed by atoms with van der Waals surface area (Å²) in [6, 6.07) is 1.34. The van der Waals surface area contributed by atoms with E-state index < -0.39 is 0 Å². The minimum absolute atomic E-state index is 0.434. The van der Waals surface area contributed by atoms with Crippen molar-refractivity contribution >= 4 is 0 Å². The molecule has 0 saturated heterocycles. The Kier molecular flexibility index (Phi) is 6.09. The molecule has 0 aromatic carbocycles. The molecule has 3 nitrogen and oxygen atoms in total. The lowest BCUT2D eigenvalue weighted by atomic mass is 9.86. The van der Waals surface area contributed by atoms with E-state index in [1.54, 1.807) is 0 Å². The number of nitrogens with zero attached hydrogens (tertiary/aromatic N) is 2. The fourth-order valence-electron chi connectivity index (χ4n) is 3.40. The summed E-state index contributed by atoms with van der Waals surface area (Å²) in [7, 11) is 6.46. The second-order valence-corrected chi connectivity index (χ2v) is 6.70. The molecule has 108 valence electrons. The van der Waals surface area contributed by atoms with E-state index >= 15 is 0 Å². The van der Waals surface area contributed by atoms with Gasteiger partial charge in [0.25, 0.3) is 0 Å². The molecule has 18 heavy (non-hydrogen) atoms. The molecule has 1 N–H and O–H groups in total. The zero-order valence-electron chi connectivity index (χ0n) is 13.3. The van der Waals surface area contributed by atoms with E-state index in [0.29, 0.717) is 17.5 Å². The van der Waals surface area contributed by atoms with Crippen LogP contribution in [0.15, 0.2) is 0 Å². The zero-order chi connectivity index (χ0) is 13.8. The molecule has 2 unspecified atom stereocenters. The second kappa shape index (κ2) is 6.88. The quantitative estimate of drug-likeness (QED) is 0.751. The molecule has 1 rings (SSSR count). The molecule has 1 aliphatic rings. The SMILES string of the molecule is CCCN(CCN(C)C)C1CCC(C)(C)C1NC. The molecule has 3 heteroatoms. The fraction of sp³-hybridized carbons (Fsp3) is 1.00. The summed E-state index contributed by atoms with van der Waals surface area (Å²) in [5, 5.41) is 3.58. The van der Waals surface area contributed by atoms with Gasteiger partial charge >= 0.3 is 0 Å². The minimum atomic E-state index is 0.434. The molecule has 0 heterocycles. The molecule has 1 aliphatic carbocycles. The molecule has 0 spiro atoms. The van der Waals surface area contributed by atoms with Crippen LogP contribution in [0.4, 0.5) is 0 Å². The van der Waals surface area contributed by atoms with Gasteiger partial charge in [0.15, 0.2) is 0 Å². The average molecular weight is 255 g/mol. The van der Waals surface area contributed by atoms with Gasteiger partial charge < -0.3 is 10.2 Å². The number of nitrogens with one attached hydrogen (secondary N) is 1. The largest absolute Gasteiger partial charge is 0.315 e. The van der Waals surface area contributed by atoms with E-state index in [2.05, 4.69) is 57.0 Å². The average Bonchev–Trinajstić information content (AvgIpc) is 2.59. The molecule has 1 saturated carbocycles. The first-order chi connectivity index (χ1) is 8.42. The van der Waals surface area contributed by atoms with Crippen molar-refractivity contribution in [3.05, 3.63) is 0 Å². The molecule has 0 aromatic heterocycles. The summed E-state index contributed by atoms with van der Waals surface area (Å²) in [4.78, 5) is 4.99. The number of likely N-dealkylation sites (N-methyl/N-ethyl adjacent to an activating group) is 2. The number of hydrogen-bond donors (Lipinski definition) is 1. The van der Waals surface area contributed by atoms with E-state index in [1.165, 1.54) is 32.4 Å². The maximum atomic E-state index is 3.58. The van der Waals surface area contributed by atoms with Crippen LogP contribution in [0.25, 0.3) is 0 Å². The van der Waals surface area contributed by atoms with Gasteiger partial charge in [-0.05, 0) is 52.4 Å². The number of rotatable bonds is 7. The smallest absolute Gasteiger partial charge is 0.0271 e. The first kappa shape index (κ1) is 15.9. The Morgan fingerprint density at radius 3 is 2.33 bits per heavy atom. The standard InChI is InChI=1S/C15H33N3/c1-7-10-18(12-11-17(5)6)13-8-9-15(2,3)14(13)16-4/h13-14,16H,7-12H2,1-6H3. The molecular weight excluding hydrogens is 222 g/mol. The summed E-state index contributed by atoms with van der Waals surface area (Å²) in [6.45, 7) is 10.7. The van der Waals surface area contributed by atoms with Crippen LogP contribution in [0.3, 0.4) is 0 Å². The van der Waals surface area contributed by atoms with Gasteiger partial charge in [0.2, 0.25) is 0 Å². The highest BCUT2D eigenvalue weighted by molar-refractivity contribution is 5.00. The Hall–Kier alpha value is -0.120. The van der Waals surface area contributed by atoms with Gasteiger partial charge in [-0.1, -0.05) is 20.8 Å². The van der Waals surface area contributed by atoms with Crippen LogP contribution >= 0.6 is 0 Å². The van der Waals surface area contributed by atoms with Gasteiger partial charge in [-0.2, -0.15) is 0 Å². The van der Waals surface area contributed by atoms with E-state index in [4.69, 9.17) is 0 Å². The third kappa shape index (κ3) is 3.94. The van der Waals surface area contributed by atoms with Crippen LogP contribution in [-0.2, 0) is 0 Å². The maximum Gasteiger partial charge on any atom is 0.0271 e. The van der Waals surface area contributed by atoms with Gasteiger partial charge in [0.05, 0.1) is 0 Å². The van der Waals surface area contributed by atoms with Crippen molar-refractivity contribution in [2.75, 3.05) is 40.8 Å². The lowest BCUT2D eigenvalue weighted by molar-refractivity contribution is 0.138. The van der Waals surface area contributed by atoms with Gasteiger partial charge in [-0.15, -0.1) is 0 Å². The van der Waals surface area contributed by atoms with Crippen molar-refractivity contribution in [2.24, 2.45) is 5.41 Å². The van der Waals surface area contributed by atoms with Crippen LogP contribution in [0.2, 0.25) is 0 Å². The van der Waals surface area contributed by atoms with Crippen molar-refractivity contribution in [3.8, 4) is 0 Å². The molecule has 1 fully saturated rings. The van der Waals surface area contributed by atoms with Crippen LogP contribution < -0.4 is 5.32 Å². The van der Waals surface area contributed by atoms with Gasteiger partial charge in [-0.3, -0.25) is 4.90 Å². The first-order valence-corrected chi connectivity index (χ1v) is 7.48. The maximum absolute atomic E-state index is 3.58. The molecular formula is C15H33N3. The topological polar surface area (TPSA) is 18.5 Å². The lowest BCUT2D eigenvalue weighted by Gasteiger charge is -2.37. The minimum Gasteiger partial charge on any atom is -0.315 e. The Morgan fingerprint density at radius 2 is 1.83 bits per heavy atom. The summed E-state index contributed by atoms with van der Waals surface area (Å²) < 4.78 is 0. The highest BCUT2D eigenvalue weighted by atomic mass is 15.2. The molecule has 0 bridgehead atoms. The Morgan fingerprint density at radius 1 is 1.17 bits per heavy atom. The first-order valence-electron chi connectivity index (χ1n) is 7.48. The molecule has 0 radical (unpaired) electrons. The molecule has 2 atom stereocenters. The third-order valence-corrected chi connectivity index (χ3v) is 4.44. The molecule has 0 aliphatic heterocycles. The number of hydrogen-bond acceptors (Lipinski definition) is 3. The van der Waals surface area contributed by atoms with Crippen molar-refractivity contribution in [1.29, 1.82) is 0 Å².